The number of nitrogens with zero attached hydrogens (tertiary/aromatic N) is 1. The predicted octanol–water partition coefficient (Wildman–Crippen LogP) is 5.07. The number of halogens is 1. The van der Waals surface area contributed by atoms with Crippen LogP contribution in [0.4, 0.5) is 11.4 Å². The van der Waals surface area contributed by atoms with E-state index in [1.807, 2.05) is 18.2 Å². The molecule has 1 heterocycles. The highest BCUT2D eigenvalue weighted by Crippen LogP contribution is 2.44. The van der Waals surface area contributed by atoms with Crippen molar-refractivity contribution in [3.8, 4) is 11.5 Å². The van der Waals surface area contributed by atoms with E-state index in [2.05, 4.69) is 5.32 Å². The van der Waals surface area contributed by atoms with Gasteiger partial charge in [-0.05, 0) is 55.0 Å². The molecule has 0 saturated carbocycles. The standard InChI is InChI=1S/C26H23ClN2O5/c1-3-34-26(32)22-23(28-18-9-5-4-6-10-18)25(31)29(19-11-7-8-17(27)15-19)24(22)16-12-13-20(30)21(14-16)33-2/h4-15,24,28,30H,3H2,1-2H3. The quantitative estimate of drug-likeness (QED) is 0.461. The summed E-state index contributed by atoms with van der Waals surface area (Å²) in [4.78, 5) is 28.5. The van der Waals surface area contributed by atoms with Crippen molar-refractivity contribution in [1.29, 1.82) is 0 Å². The van der Waals surface area contributed by atoms with Gasteiger partial charge in [-0.15, -0.1) is 0 Å². The van der Waals surface area contributed by atoms with Gasteiger partial charge in [0, 0.05) is 16.4 Å². The lowest BCUT2D eigenvalue weighted by atomic mass is 9.98. The Bertz CT molecular complexity index is 1260. The predicted molar refractivity (Wildman–Crippen MR) is 130 cm³/mol. The molecule has 0 fully saturated rings. The molecular formula is C26H23ClN2O5. The summed E-state index contributed by atoms with van der Waals surface area (Å²) in [6, 6.07) is 19.7. The molecule has 1 aliphatic rings. The molecule has 8 heteroatoms. The molecule has 0 aliphatic carbocycles. The van der Waals surface area contributed by atoms with Gasteiger partial charge in [0.25, 0.3) is 5.91 Å². The number of amides is 1. The van der Waals surface area contributed by atoms with Gasteiger partial charge in [-0.25, -0.2) is 4.79 Å². The first-order valence-corrected chi connectivity index (χ1v) is 11.0. The molecule has 0 radical (unpaired) electrons. The zero-order valence-electron chi connectivity index (χ0n) is 18.6. The smallest absolute Gasteiger partial charge is 0.338 e. The number of ether oxygens (including phenoxy) is 2. The summed E-state index contributed by atoms with van der Waals surface area (Å²) in [6.45, 7) is 1.84. The van der Waals surface area contributed by atoms with E-state index in [-0.39, 0.29) is 29.4 Å². The number of nitrogens with one attached hydrogen (secondary N) is 1. The van der Waals surface area contributed by atoms with Crippen LogP contribution in [0.3, 0.4) is 0 Å². The van der Waals surface area contributed by atoms with Crippen LogP contribution in [0.5, 0.6) is 11.5 Å². The second-order valence-electron chi connectivity index (χ2n) is 7.49. The van der Waals surface area contributed by atoms with E-state index in [4.69, 9.17) is 21.1 Å². The minimum absolute atomic E-state index is 0.0609. The molecule has 3 aromatic carbocycles. The number of rotatable bonds is 7. The Balaban J connectivity index is 1.94. The summed E-state index contributed by atoms with van der Waals surface area (Å²) in [6.07, 6.45) is 0. The molecule has 0 aromatic heterocycles. The third-order valence-corrected chi connectivity index (χ3v) is 5.61. The maximum atomic E-state index is 13.8. The molecule has 2 N–H and O–H groups in total. The summed E-state index contributed by atoms with van der Waals surface area (Å²) in [5.74, 6) is -0.903. The van der Waals surface area contributed by atoms with E-state index in [1.165, 1.54) is 18.1 Å². The number of anilines is 2. The first-order valence-electron chi connectivity index (χ1n) is 10.6. The number of carbonyl (C=O) groups excluding carboxylic acids is 2. The van der Waals surface area contributed by atoms with Crippen molar-refractivity contribution in [1.82, 2.24) is 0 Å². The van der Waals surface area contributed by atoms with Gasteiger partial charge >= 0.3 is 5.97 Å². The topological polar surface area (TPSA) is 88.1 Å². The van der Waals surface area contributed by atoms with Crippen LogP contribution >= 0.6 is 11.6 Å². The number of hydrogen-bond acceptors (Lipinski definition) is 6. The molecule has 0 bridgehead atoms. The van der Waals surface area contributed by atoms with Crippen LogP contribution in [0.2, 0.25) is 5.02 Å². The minimum Gasteiger partial charge on any atom is -0.504 e. The maximum Gasteiger partial charge on any atom is 0.338 e. The van der Waals surface area contributed by atoms with Gasteiger partial charge < -0.3 is 19.9 Å². The van der Waals surface area contributed by atoms with Gasteiger partial charge in [-0.3, -0.25) is 9.69 Å². The lowest BCUT2D eigenvalue weighted by Crippen LogP contribution is -2.31. The van der Waals surface area contributed by atoms with Crippen molar-refractivity contribution in [3.63, 3.8) is 0 Å². The molecular weight excluding hydrogens is 456 g/mol. The molecule has 0 saturated heterocycles. The van der Waals surface area contributed by atoms with Crippen molar-refractivity contribution in [2.45, 2.75) is 13.0 Å². The number of para-hydroxylation sites is 1. The van der Waals surface area contributed by atoms with Crippen LogP contribution in [0.25, 0.3) is 0 Å². The highest BCUT2D eigenvalue weighted by Gasteiger charge is 2.45. The fourth-order valence-corrected chi connectivity index (χ4v) is 4.08. The first-order chi connectivity index (χ1) is 16.4. The fourth-order valence-electron chi connectivity index (χ4n) is 3.90. The molecule has 7 nitrogen and oxygen atoms in total. The van der Waals surface area contributed by atoms with Crippen LogP contribution < -0.4 is 15.0 Å². The number of methoxy groups -OCH3 is 1. The lowest BCUT2D eigenvalue weighted by molar-refractivity contribution is -0.138. The molecule has 1 atom stereocenters. The van der Waals surface area contributed by atoms with Crippen molar-refractivity contribution in [3.05, 3.63) is 94.7 Å². The van der Waals surface area contributed by atoms with Crippen LogP contribution in [0.1, 0.15) is 18.5 Å². The number of phenols is 1. The van der Waals surface area contributed by atoms with E-state index in [9.17, 15) is 14.7 Å². The lowest BCUT2D eigenvalue weighted by Gasteiger charge is -2.27. The second kappa shape index (κ2) is 9.89. The fraction of sp³-hybridized carbons (Fsp3) is 0.154. The average molecular weight is 479 g/mol. The normalized spacial score (nSPS) is 15.4. The molecule has 34 heavy (non-hydrogen) atoms. The number of phenolic OH excluding ortho intramolecular Hbond substituents is 1. The maximum absolute atomic E-state index is 13.8. The van der Waals surface area contributed by atoms with E-state index in [0.717, 1.165) is 0 Å². The molecule has 4 rings (SSSR count). The molecule has 174 valence electrons. The first kappa shape index (κ1) is 23.2. The Kier molecular flexibility index (Phi) is 6.75. The molecule has 1 aliphatic heterocycles. The van der Waals surface area contributed by atoms with Gasteiger partial charge in [0.1, 0.15) is 5.70 Å². The summed E-state index contributed by atoms with van der Waals surface area (Å²) < 4.78 is 10.6. The number of aromatic hydroxyl groups is 1. The van der Waals surface area contributed by atoms with Crippen molar-refractivity contribution in [2.24, 2.45) is 0 Å². The average Bonchev–Trinajstić information content (AvgIpc) is 3.12. The van der Waals surface area contributed by atoms with Crippen LogP contribution in [-0.2, 0) is 14.3 Å². The molecule has 3 aromatic rings. The SMILES string of the molecule is CCOC(=O)C1=C(Nc2ccccc2)C(=O)N(c2cccc(Cl)c2)C1c1ccc(O)c(OC)c1. The van der Waals surface area contributed by atoms with Crippen molar-refractivity contribution < 1.29 is 24.2 Å². The summed E-state index contributed by atoms with van der Waals surface area (Å²) in [5, 5.41) is 13.7. The highest BCUT2D eigenvalue weighted by molar-refractivity contribution is 6.31. The Hall–Kier alpha value is -3.97. The minimum atomic E-state index is -0.856. The Morgan fingerprint density at radius 1 is 1.09 bits per heavy atom. The zero-order valence-corrected chi connectivity index (χ0v) is 19.4. The summed E-state index contributed by atoms with van der Waals surface area (Å²) in [5.41, 5.74) is 1.94. The molecule has 1 unspecified atom stereocenters. The zero-order chi connectivity index (χ0) is 24.2. The number of hydrogen-bond donors (Lipinski definition) is 2. The van der Waals surface area contributed by atoms with Gasteiger partial charge in [0.15, 0.2) is 11.5 Å². The van der Waals surface area contributed by atoms with E-state index in [0.29, 0.717) is 22.0 Å². The van der Waals surface area contributed by atoms with Crippen LogP contribution in [0, 0.1) is 0 Å². The Morgan fingerprint density at radius 2 is 1.85 bits per heavy atom. The van der Waals surface area contributed by atoms with Crippen molar-refractivity contribution >= 4 is 34.9 Å². The van der Waals surface area contributed by atoms with E-state index in [1.54, 1.807) is 55.5 Å². The highest BCUT2D eigenvalue weighted by atomic mass is 35.5. The van der Waals surface area contributed by atoms with Crippen LogP contribution in [0.15, 0.2) is 84.1 Å². The van der Waals surface area contributed by atoms with Crippen LogP contribution in [-0.4, -0.2) is 30.7 Å². The molecule has 1 amide bonds. The Morgan fingerprint density at radius 3 is 2.53 bits per heavy atom. The third kappa shape index (κ3) is 4.43. The number of esters is 1. The third-order valence-electron chi connectivity index (χ3n) is 5.38. The summed E-state index contributed by atoms with van der Waals surface area (Å²) in [7, 11) is 1.43. The van der Waals surface area contributed by atoms with Crippen molar-refractivity contribution in [2.75, 3.05) is 23.9 Å². The van der Waals surface area contributed by atoms with Gasteiger partial charge in [-0.1, -0.05) is 41.9 Å². The second-order valence-corrected chi connectivity index (χ2v) is 7.93. The number of carbonyl (C=O) groups is 2. The monoisotopic (exact) mass is 478 g/mol. The van der Waals surface area contributed by atoms with E-state index >= 15 is 0 Å². The van der Waals surface area contributed by atoms with Gasteiger partial charge in [-0.2, -0.15) is 0 Å². The van der Waals surface area contributed by atoms with Gasteiger partial charge in [0.2, 0.25) is 0 Å². The van der Waals surface area contributed by atoms with E-state index < -0.39 is 17.9 Å². The number of benzene rings is 3. The van der Waals surface area contributed by atoms with Gasteiger partial charge in [0.05, 0.1) is 25.3 Å². The molecule has 0 spiro atoms. The largest absolute Gasteiger partial charge is 0.504 e. The summed E-state index contributed by atoms with van der Waals surface area (Å²) >= 11 is 6.24. The Labute approximate surface area is 202 Å².